The van der Waals surface area contributed by atoms with E-state index in [0.29, 0.717) is 18.7 Å². The predicted molar refractivity (Wildman–Crippen MR) is 99.6 cm³/mol. The van der Waals surface area contributed by atoms with Crippen molar-refractivity contribution in [2.24, 2.45) is 12.0 Å². The molecule has 2 aromatic rings. The molecule has 0 spiro atoms. The highest BCUT2D eigenvalue weighted by molar-refractivity contribution is 5.93. The van der Waals surface area contributed by atoms with Gasteiger partial charge in [0.1, 0.15) is 0 Å². The van der Waals surface area contributed by atoms with Gasteiger partial charge in [0, 0.05) is 51.1 Å². The van der Waals surface area contributed by atoms with E-state index in [4.69, 9.17) is 0 Å². The summed E-state index contributed by atoms with van der Waals surface area (Å²) >= 11 is 0. The fourth-order valence-corrected chi connectivity index (χ4v) is 2.57. The quantitative estimate of drug-likeness (QED) is 0.564. The van der Waals surface area contributed by atoms with Gasteiger partial charge in [0.2, 0.25) is 0 Å². The molecular weight excluding hydrogens is 316 g/mol. The summed E-state index contributed by atoms with van der Waals surface area (Å²) in [4.78, 5) is 15.8. The second kappa shape index (κ2) is 8.32. The zero-order chi connectivity index (χ0) is 18.4. The summed E-state index contributed by atoms with van der Waals surface area (Å²) < 4.78 is 1.89. The summed E-state index contributed by atoms with van der Waals surface area (Å²) in [7, 11) is 5.31. The normalized spacial score (nSPS) is 11.3. The molecule has 0 aliphatic rings. The van der Waals surface area contributed by atoms with Crippen LogP contribution in [0.4, 0.5) is 0 Å². The maximum atomic E-state index is 11.6. The van der Waals surface area contributed by atoms with Gasteiger partial charge in [-0.25, -0.2) is 0 Å². The third-order valence-electron chi connectivity index (χ3n) is 4.22. The number of rotatable bonds is 5. The minimum absolute atomic E-state index is 0.0841. The van der Waals surface area contributed by atoms with Crippen molar-refractivity contribution in [1.29, 1.82) is 0 Å². The zero-order valence-electron chi connectivity index (χ0n) is 15.5. The molecule has 25 heavy (non-hydrogen) atoms. The van der Waals surface area contributed by atoms with Crippen molar-refractivity contribution in [2.45, 2.75) is 26.9 Å². The molecule has 0 fully saturated rings. The van der Waals surface area contributed by atoms with Gasteiger partial charge < -0.3 is 16.0 Å². The van der Waals surface area contributed by atoms with E-state index in [0.717, 1.165) is 22.9 Å². The Hall–Kier alpha value is -2.83. The highest BCUT2D eigenvalue weighted by atomic mass is 16.1. The molecular formula is C18H26N6O. The van der Waals surface area contributed by atoms with Crippen LogP contribution in [-0.2, 0) is 20.1 Å². The van der Waals surface area contributed by atoms with E-state index in [-0.39, 0.29) is 5.91 Å². The van der Waals surface area contributed by atoms with Gasteiger partial charge in [-0.05, 0) is 31.5 Å². The molecule has 1 aromatic heterocycles. The monoisotopic (exact) mass is 342 g/mol. The first-order chi connectivity index (χ1) is 12.0. The summed E-state index contributed by atoms with van der Waals surface area (Å²) in [6.45, 7) is 5.36. The number of aliphatic imine (C=N–C) groups is 1. The third-order valence-corrected chi connectivity index (χ3v) is 4.22. The summed E-state index contributed by atoms with van der Waals surface area (Å²) in [5.41, 5.74) is 5.07. The van der Waals surface area contributed by atoms with Crippen LogP contribution in [0.5, 0.6) is 0 Å². The highest BCUT2D eigenvalue weighted by Gasteiger charge is 2.09. The Bertz CT molecular complexity index is 761. The lowest BCUT2D eigenvalue weighted by molar-refractivity contribution is 0.0963. The van der Waals surface area contributed by atoms with Gasteiger partial charge in [0.15, 0.2) is 5.96 Å². The Kier molecular flexibility index (Phi) is 6.16. The molecule has 7 heteroatoms. The fraction of sp³-hybridized carbons (Fsp3) is 0.389. The molecule has 3 N–H and O–H groups in total. The van der Waals surface area contributed by atoms with Crippen LogP contribution < -0.4 is 16.0 Å². The molecule has 0 saturated heterocycles. The van der Waals surface area contributed by atoms with Crippen LogP contribution in [0.1, 0.15) is 32.9 Å². The molecule has 1 amide bonds. The standard InChI is InChI=1S/C18H26N6O/c1-12-16(13(2)24(5)23-12)11-22-18(20-4)21-10-14-6-8-15(9-7-14)17(25)19-3/h6-9H,10-11H2,1-5H3,(H,19,25)(H2,20,21,22). The molecule has 0 atom stereocenters. The second-order valence-electron chi connectivity index (χ2n) is 5.83. The van der Waals surface area contributed by atoms with Crippen molar-refractivity contribution in [2.75, 3.05) is 14.1 Å². The molecule has 0 radical (unpaired) electrons. The van der Waals surface area contributed by atoms with Crippen molar-refractivity contribution in [3.05, 3.63) is 52.3 Å². The maximum absolute atomic E-state index is 11.6. The molecule has 1 heterocycles. The van der Waals surface area contributed by atoms with E-state index in [2.05, 4.69) is 33.0 Å². The Balaban J connectivity index is 1.91. The van der Waals surface area contributed by atoms with E-state index in [1.54, 1.807) is 14.1 Å². The van der Waals surface area contributed by atoms with E-state index in [9.17, 15) is 4.79 Å². The van der Waals surface area contributed by atoms with Crippen molar-refractivity contribution < 1.29 is 4.79 Å². The van der Waals surface area contributed by atoms with E-state index in [1.807, 2.05) is 42.9 Å². The van der Waals surface area contributed by atoms with E-state index >= 15 is 0 Å². The number of benzene rings is 1. The van der Waals surface area contributed by atoms with Crippen LogP contribution in [0.15, 0.2) is 29.3 Å². The number of amides is 1. The first kappa shape index (κ1) is 18.5. The van der Waals surface area contributed by atoms with Crippen LogP contribution in [0.25, 0.3) is 0 Å². The van der Waals surface area contributed by atoms with Crippen molar-refractivity contribution >= 4 is 11.9 Å². The minimum atomic E-state index is -0.0841. The lowest BCUT2D eigenvalue weighted by atomic mass is 10.1. The minimum Gasteiger partial charge on any atom is -0.355 e. The van der Waals surface area contributed by atoms with Gasteiger partial charge >= 0.3 is 0 Å². The fourth-order valence-electron chi connectivity index (χ4n) is 2.57. The molecule has 0 aliphatic carbocycles. The average molecular weight is 342 g/mol. The molecule has 0 unspecified atom stereocenters. The Morgan fingerprint density at radius 2 is 1.80 bits per heavy atom. The summed E-state index contributed by atoms with van der Waals surface area (Å²) in [5.74, 6) is 0.636. The molecule has 0 saturated carbocycles. The Morgan fingerprint density at radius 3 is 2.32 bits per heavy atom. The van der Waals surface area contributed by atoms with Crippen LogP contribution in [0.2, 0.25) is 0 Å². The number of aromatic nitrogens is 2. The average Bonchev–Trinajstić information content (AvgIpc) is 2.87. The summed E-state index contributed by atoms with van der Waals surface area (Å²) in [6, 6.07) is 7.49. The first-order valence-corrected chi connectivity index (χ1v) is 8.20. The van der Waals surface area contributed by atoms with Crippen molar-refractivity contribution in [1.82, 2.24) is 25.7 Å². The topological polar surface area (TPSA) is 83.3 Å². The first-order valence-electron chi connectivity index (χ1n) is 8.20. The summed E-state index contributed by atoms with van der Waals surface area (Å²) in [5, 5.41) is 13.6. The number of aryl methyl sites for hydroxylation is 2. The number of hydrogen-bond donors (Lipinski definition) is 3. The second-order valence-corrected chi connectivity index (χ2v) is 5.83. The number of guanidine groups is 1. The van der Waals surface area contributed by atoms with Crippen molar-refractivity contribution in [3.63, 3.8) is 0 Å². The molecule has 1 aromatic carbocycles. The molecule has 2 rings (SSSR count). The van der Waals surface area contributed by atoms with Gasteiger partial charge in [-0.1, -0.05) is 12.1 Å². The van der Waals surface area contributed by atoms with Crippen LogP contribution in [-0.4, -0.2) is 35.7 Å². The number of hydrogen-bond acceptors (Lipinski definition) is 3. The third kappa shape index (κ3) is 4.59. The van der Waals surface area contributed by atoms with Crippen LogP contribution in [0.3, 0.4) is 0 Å². The van der Waals surface area contributed by atoms with Gasteiger partial charge in [-0.15, -0.1) is 0 Å². The van der Waals surface area contributed by atoms with Gasteiger partial charge in [-0.2, -0.15) is 5.10 Å². The van der Waals surface area contributed by atoms with Gasteiger partial charge in [0.05, 0.1) is 5.69 Å². The molecule has 134 valence electrons. The molecule has 7 nitrogen and oxygen atoms in total. The predicted octanol–water partition coefficient (Wildman–Crippen LogP) is 1.26. The van der Waals surface area contributed by atoms with E-state index < -0.39 is 0 Å². The SMILES string of the molecule is CN=C(NCc1ccc(C(=O)NC)cc1)NCc1c(C)nn(C)c1C. The molecule has 0 aliphatic heterocycles. The smallest absolute Gasteiger partial charge is 0.251 e. The summed E-state index contributed by atoms with van der Waals surface area (Å²) in [6.07, 6.45) is 0. The maximum Gasteiger partial charge on any atom is 0.251 e. The number of carbonyl (C=O) groups excluding carboxylic acids is 1. The highest BCUT2D eigenvalue weighted by Crippen LogP contribution is 2.11. The Labute approximate surface area is 148 Å². The number of carbonyl (C=O) groups is 1. The molecule has 0 bridgehead atoms. The van der Waals surface area contributed by atoms with Crippen LogP contribution in [0, 0.1) is 13.8 Å². The lowest BCUT2D eigenvalue weighted by Gasteiger charge is -2.12. The number of nitrogens with zero attached hydrogens (tertiary/aromatic N) is 3. The number of nitrogens with one attached hydrogen (secondary N) is 3. The van der Waals surface area contributed by atoms with Crippen LogP contribution >= 0.6 is 0 Å². The van der Waals surface area contributed by atoms with Gasteiger partial charge in [-0.3, -0.25) is 14.5 Å². The van der Waals surface area contributed by atoms with E-state index in [1.165, 1.54) is 5.56 Å². The Morgan fingerprint density at radius 1 is 1.16 bits per heavy atom. The van der Waals surface area contributed by atoms with Gasteiger partial charge in [0.25, 0.3) is 5.91 Å². The lowest BCUT2D eigenvalue weighted by Crippen LogP contribution is -2.36. The largest absolute Gasteiger partial charge is 0.355 e. The van der Waals surface area contributed by atoms with Crippen molar-refractivity contribution in [3.8, 4) is 0 Å². The zero-order valence-corrected chi connectivity index (χ0v) is 15.5.